The lowest BCUT2D eigenvalue weighted by Crippen LogP contribution is -2.40. The Morgan fingerprint density at radius 3 is 2.41 bits per heavy atom. The number of carbonyl (C=O) groups is 2. The van der Waals surface area contributed by atoms with Gasteiger partial charge in [-0.2, -0.15) is 13.2 Å². The van der Waals surface area contributed by atoms with Crippen molar-refractivity contribution in [2.75, 3.05) is 32.6 Å². The third kappa shape index (κ3) is 6.85. The molecule has 0 atom stereocenters. The van der Waals surface area contributed by atoms with E-state index in [2.05, 4.69) is 9.97 Å². The molecular formula is C23H26F3N3O4S. The summed E-state index contributed by atoms with van der Waals surface area (Å²) in [4.78, 5) is 33.9. The van der Waals surface area contributed by atoms with E-state index in [4.69, 9.17) is 9.47 Å². The van der Waals surface area contributed by atoms with E-state index < -0.39 is 11.9 Å². The van der Waals surface area contributed by atoms with Gasteiger partial charge in [0.2, 0.25) is 5.91 Å². The predicted octanol–water partition coefficient (Wildman–Crippen LogP) is 4.45. The van der Waals surface area contributed by atoms with Crippen molar-refractivity contribution in [3.05, 3.63) is 36.0 Å². The van der Waals surface area contributed by atoms with Crippen molar-refractivity contribution in [1.29, 1.82) is 0 Å². The molecule has 0 N–H and O–H groups in total. The monoisotopic (exact) mass is 497 g/mol. The second-order valence-corrected chi connectivity index (χ2v) is 8.71. The standard InChI is InChI=1S/C23H26F3N3O4S/c1-3-33-21(31)16-8-11-29(12-9-16)20(30)10-13-34-22-27-18(14-19(28-22)23(24,25)26)15-4-6-17(32-2)7-5-15/h4-7,14,16H,3,8-13H2,1-2H3. The maximum absolute atomic E-state index is 13.4. The highest BCUT2D eigenvalue weighted by Crippen LogP contribution is 2.32. The van der Waals surface area contributed by atoms with Crippen LogP contribution in [0.2, 0.25) is 0 Å². The van der Waals surface area contributed by atoms with Crippen LogP contribution in [0.5, 0.6) is 5.75 Å². The Balaban J connectivity index is 1.61. The molecule has 184 valence electrons. The van der Waals surface area contributed by atoms with Gasteiger partial charge in [0.15, 0.2) is 5.16 Å². The minimum atomic E-state index is -4.63. The summed E-state index contributed by atoms with van der Waals surface area (Å²) in [6.07, 6.45) is -3.41. The number of halogens is 3. The first-order chi connectivity index (χ1) is 16.2. The van der Waals surface area contributed by atoms with Crippen LogP contribution >= 0.6 is 11.8 Å². The van der Waals surface area contributed by atoms with Gasteiger partial charge in [-0.15, -0.1) is 0 Å². The summed E-state index contributed by atoms with van der Waals surface area (Å²) >= 11 is 1.00. The summed E-state index contributed by atoms with van der Waals surface area (Å²) in [6, 6.07) is 7.44. The molecule has 1 aliphatic heterocycles. The lowest BCUT2D eigenvalue weighted by Gasteiger charge is -2.30. The summed E-state index contributed by atoms with van der Waals surface area (Å²) < 4.78 is 50.3. The van der Waals surface area contributed by atoms with Gasteiger partial charge in [0.25, 0.3) is 0 Å². The molecule has 1 aromatic heterocycles. The summed E-state index contributed by atoms with van der Waals surface area (Å²) in [5.74, 6) is 0.262. The number of nitrogens with zero attached hydrogens (tertiary/aromatic N) is 3. The van der Waals surface area contributed by atoms with Gasteiger partial charge in [-0.3, -0.25) is 9.59 Å². The van der Waals surface area contributed by atoms with Crippen molar-refractivity contribution >= 4 is 23.6 Å². The normalized spacial score (nSPS) is 14.7. The maximum Gasteiger partial charge on any atom is 0.433 e. The molecule has 1 saturated heterocycles. The van der Waals surface area contributed by atoms with Gasteiger partial charge in [-0.25, -0.2) is 9.97 Å². The Kier molecular flexibility index (Phi) is 8.76. The number of amides is 1. The fourth-order valence-corrected chi connectivity index (χ4v) is 4.34. The molecule has 7 nitrogen and oxygen atoms in total. The minimum absolute atomic E-state index is 0.0468. The maximum atomic E-state index is 13.4. The van der Waals surface area contributed by atoms with Gasteiger partial charge in [-0.05, 0) is 50.1 Å². The zero-order valence-electron chi connectivity index (χ0n) is 18.9. The van der Waals surface area contributed by atoms with Crippen LogP contribution in [0.1, 0.15) is 31.9 Å². The second-order valence-electron chi connectivity index (χ2n) is 7.65. The van der Waals surface area contributed by atoms with Crippen molar-refractivity contribution in [2.45, 2.75) is 37.5 Å². The molecule has 0 radical (unpaired) electrons. The van der Waals surface area contributed by atoms with Crippen LogP contribution in [0.3, 0.4) is 0 Å². The highest BCUT2D eigenvalue weighted by atomic mass is 32.2. The van der Waals surface area contributed by atoms with E-state index >= 15 is 0 Å². The van der Waals surface area contributed by atoms with Crippen molar-refractivity contribution in [3.63, 3.8) is 0 Å². The number of rotatable bonds is 8. The average Bonchev–Trinajstić information content (AvgIpc) is 2.83. The fraction of sp³-hybridized carbons (Fsp3) is 0.478. The first-order valence-electron chi connectivity index (χ1n) is 10.9. The zero-order valence-corrected chi connectivity index (χ0v) is 19.7. The number of esters is 1. The summed E-state index contributed by atoms with van der Waals surface area (Å²) in [5, 5.41) is -0.0468. The number of likely N-dealkylation sites (tertiary alicyclic amines) is 1. The average molecular weight is 498 g/mol. The number of piperidine rings is 1. The number of thioether (sulfide) groups is 1. The van der Waals surface area contributed by atoms with E-state index in [0.717, 1.165) is 17.8 Å². The van der Waals surface area contributed by atoms with Crippen LogP contribution < -0.4 is 4.74 Å². The van der Waals surface area contributed by atoms with Crippen molar-refractivity contribution in [2.24, 2.45) is 5.92 Å². The van der Waals surface area contributed by atoms with Crippen LogP contribution in [-0.4, -0.2) is 59.3 Å². The molecular weight excluding hydrogens is 471 g/mol. The molecule has 3 rings (SSSR count). The smallest absolute Gasteiger partial charge is 0.433 e. The SMILES string of the molecule is CCOC(=O)C1CCN(C(=O)CCSc2nc(-c3ccc(OC)cc3)cc(C(F)(F)F)n2)CC1. The highest BCUT2D eigenvalue weighted by molar-refractivity contribution is 7.99. The molecule has 1 aliphatic rings. The lowest BCUT2D eigenvalue weighted by molar-refractivity contribution is -0.151. The van der Waals surface area contributed by atoms with E-state index in [1.165, 1.54) is 7.11 Å². The number of benzene rings is 1. The Morgan fingerprint density at radius 2 is 1.82 bits per heavy atom. The number of carbonyl (C=O) groups excluding carboxylic acids is 2. The number of hydrogen-bond acceptors (Lipinski definition) is 7. The first kappa shape index (κ1) is 25.8. The van der Waals surface area contributed by atoms with E-state index in [0.29, 0.717) is 43.9 Å². The van der Waals surface area contributed by atoms with Gasteiger partial charge < -0.3 is 14.4 Å². The summed E-state index contributed by atoms with van der Waals surface area (Å²) in [5.41, 5.74) is -0.404. The van der Waals surface area contributed by atoms with Crippen LogP contribution in [-0.2, 0) is 20.5 Å². The molecule has 1 aromatic carbocycles. The highest BCUT2D eigenvalue weighted by Gasteiger charge is 2.34. The largest absolute Gasteiger partial charge is 0.497 e. The van der Waals surface area contributed by atoms with Crippen LogP contribution in [0.4, 0.5) is 13.2 Å². The van der Waals surface area contributed by atoms with Crippen LogP contribution in [0, 0.1) is 5.92 Å². The van der Waals surface area contributed by atoms with Gasteiger partial charge in [0.05, 0.1) is 25.3 Å². The fourth-order valence-electron chi connectivity index (χ4n) is 3.56. The molecule has 34 heavy (non-hydrogen) atoms. The number of hydrogen-bond donors (Lipinski definition) is 0. The predicted molar refractivity (Wildman–Crippen MR) is 120 cm³/mol. The number of aromatic nitrogens is 2. The van der Waals surface area contributed by atoms with E-state index in [1.807, 2.05) is 0 Å². The number of ether oxygens (including phenoxy) is 2. The van der Waals surface area contributed by atoms with Gasteiger partial charge in [0.1, 0.15) is 11.4 Å². The third-order valence-corrected chi connectivity index (χ3v) is 6.25. The van der Waals surface area contributed by atoms with Gasteiger partial charge in [-0.1, -0.05) is 11.8 Å². The second kappa shape index (κ2) is 11.5. The number of alkyl halides is 3. The van der Waals surface area contributed by atoms with E-state index in [9.17, 15) is 22.8 Å². The third-order valence-electron chi connectivity index (χ3n) is 5.40. The first-order valence-corrected chi connectivity index (χ1v) is 11.9. The number of methoxy groups -OCH3 is 1. The van der Waals surface area contributed by atoms with E-state index in [1.54, 1.807) is 36.1 Å². The quantitative estimate of drug-likeness (QED) is 0.303. The van der Waals surface area contributed by atoms with Crippen LogP contribution in [0.15, 0.2) is 35.5 Å². The molecule has 0 saturated carbocycles. The molecule has 0 unspecified atom stereocenters. The molecule has 11 heteroatoms. The molecule has 0 bridgehead atoms. The van der Waals surface area contributed by atoms with E-state index in [-0.39, 0.29) is 40.8 Å². The van der Waals surface area contributed by atoms with Crippen LogP contribution in [0.25, 0.3) is 11.3 Å². The topological polar surface area (TPSA) is 81.6 Å². The lowest BCUT2D eigenvalue weighted by atomic mass is 9.97. The zero-order chi connectivity index (χ0) is 24.7. The van der Waals surface area contributed by atoms with Crippen molar-refractivity contribution in [1.82, 2.24) is 14.9 Å². The Hall–Kier alpha value is -2.82. The molecule has 2 heterocycles. The Bertz CT molecular complexity index is 994. The molecule has 0 aliphatic carbocycles. The van der Waals surface area contributed by atoms with Gasteiger partial charge in [0, 0.05) is 30.8 Å². The summed E-state index contributed by atoms with van der Waals surface area (Å²) in [6.45, 7) is 2.98. The van der Waals surface area contributed by atoms with Crippen molar-refractivity contribution < 1.29 is 32.2 Å². The molecule has 1 fully saturated rings. The Morgan fingerprint density at radius 1 is 1.15 bits per heavy atom. The summed E-state index contributed by atoms with van der Waals surface area (Å²) in [7, 11) is 1.50. The Labute approximate surface area is 200 Å². The minimum Gasteiger partial charge on any atom is -0.497 e. The van der Waals surface area contributed by atoms with Gasteiger partial charge >= 0.3 is 12.1 Å². The molecule has 0 spiro atoms. The van der Waals surface area contributed by atoms with Crippen molar-refractivity contribution in [3.8, 4) is 17.0 Å². The molecule has 1 amide bonds. The molecule has 2 aromatic rings.